The maximum absolute atomic E-state index is 13.7. The molecule has 0 spiro atoms. The number of hydrogen-bond donors (Lipinski definition) is 1. The first kappa shape index (κ1) is 19.7. The second-order valence-corrected chi connectivity index (χ2v) is 6.41. The maximum Gasteiger partial charge on any atom is 0.308 e. The fraction of sp³-hybridized carbons (Fsp3) is 0.500. The van der Waals surface area contributed by atoms with Crippen LogP contribution >= 0.6 is 0 Å². The number of carbonyl (C=O) groups is 3. The molecule has 1 aliphatic heterocycles. The van der Waals surface area contributed by atoms with Gasteiger partial charge >= 0.3 is 5.97 Å². The molecule has 1 saturated heterocycles. The molecule has 0 aromatic heterocycles. The lowest BCUT2D eigenvalue weighted by molar-refractivity contribution is -0.147. The average molecular weight is 366 g/mol. The van der Waals surface area contributed by atoms with E-state index < -0.39 is 17.7 Å². The van der Waals surface area contributed by atoms with Crippen molar-refractivity contribution in [2.24, 2.45) is 5.92 Å². The number of nitrogens with zero attached hydrogens (tertiary/aromatic N) is 2. The minimum absolute atomic E-state index is 0.0392. The molecule has 0 radical (unpaired) electrons. The summed E-state index contributed by atoms with van der Waals surface area (Å²) in [6, 6.07) is 4.27. The minimum atomic E-state index is -0.909. The number of rotatable bonds is 6. The highest BCUT2D eigenvalue weighted by atomic mass is 19.1. The van der Waals surface area contributed by atoms with Gasteiger partial charge in [-0.2, -0.15) is 0 Å². The van der Waals surface area contributed by atoms with E-state index in [2.05, 4.69) is 0 Å². The number of carboxylic acids is 1. The van der Waals surface area contributed by atoms with E-state index in [9.17, 15) is 18.8 Å². The number of benzene rings is 1. The minimum Gasteiger partial charge on any atom is -0.494 e. The number of hydrogen-bond acceptors (Lipinski definition) is 4. The van der Waals surface area contributed by atoms with Gasteiger partial charge in [0, 0.05) is 20.1 Å². The van der Waals surface area contributed by atoms with E-state index in [-0.39, 0.29) is 37.1 Å². The molecule has 2 rings (SSSR count). The van der Waals surface area contributed by atoms with E-state index in [4.69, 9.17) is 9.84 Å². The van der Waals surface area contributed by atoms with E-state index >= 15 is 0 Å². The Bertz CT molecular complexity index is 694. The highest BCUT2D eigenvalue weighted by Crippen LogP contribution is 2.19. The molecular formula is C18H23FN2O5. The first-order valence-corrected chi connectivity index (χ1v) is 8.38. The quantitative estimate of drug-likeness (QED) is 0.816. The number of carbonyl (C=O) groups excluding carboxylic acids is 2. The molecule has 0 aliphatic carbocycles. The molecule has 8 heteroatoms. The summed E-state index contributed by atoms with van der Waals surface area (Å²) >= 11 is 0. The van der Waals surface area contributed by atoms with Crippen LogP contribution in [-0.4, -0.2) is 66.5 Å². The summed E-state index contributed by atoms with van der Waals surface area (Å²) in [7, 11) is 2.86. The molecule has 1 atom stereocenters. The number of likely N-dealkylation sites (tertiary alicyclic amines) is 1. The molecule has 1 aromatic carbocycles. The zero-order valence-corrected chi connectivity index (χ0v) is 14.9. The van der Waals surface area contributed by atoms with E-state index in [0.29, 0.717) is 24.9 Å². The van der Waals surface area contributed by atoms with Crippen molar-refractivity contribution >= 4 is 17.8 Å². The Morgan fingerprint density at radius 2 is 2.12 bits per heavy atom. The number of carboxylic acid groups (broad SMARTS) is 1. The van der Waals surface area contributed by atoms with Crippen LogP contribution in [-0.2, 0) is 20.8 Å². The zero-order valence-electron chi connectivity index (χ0n) is 14.9. The average Bonchev–Trinajstić information content (AvgIpc) is 2.61. The first-order valence-electron chi connectivity index (χ1n) is 8.38. The van der Waals surface area contributed by atoms with Gasteiger partial charge in [0.1, 0.15) is 0 Å². The molecule has 142 valence electrons. The summed E-state index contributed by atoms with van der Waals surface area (Å²) in [5, 5.41) is 9.09. The fourth-order valence-electron chi connectivity index (χ4n) is 2.93. The Balaban J connectivity index is 1.91. The molecule has 0 saturated carbocycles. The summed E-state index contributed by atoms with van der Waals surface area (Å²) < 4.78 is 18.5. The third-order valence-corrected chi connectivity index (χ3v) is 4.49. The van der Waals surface area contributed by atoms with Crippen molar-refractivity contribution in [2.45, 2.75) is 19.3 Å². The summed E-state index contributed by atoms with van der Waals surface area (Å²) in [6.07, 6.45) is 1.14. The predicted octanol–water partition coefficient (Wildman–Crippen LogP) is 1.16. The lowest BCUT2D eigenvalue weighted by Crippen LogP contribution is -2.47. The van der Waals surface area contributed by atoms with Gasteiger partial charge in [0.25, 0.3) is 0 Å². The smallest absolute Gasteiger partial charge is 0.308 e. The maximum atomic E-state index is 13.7. The van der Waals surface area contributed by atoms with Crippen LogP contribution in [0.25, 0.3) is 0 Å². The summed E-state index contributed by atoms with van der Waals surface area (Å²) in [5.74, 6) is -2.53. The number of methoxy groups -OCH3 is 1. The van der Waals surface area contributed by atoms with Gasteiger partial charge in [0.2, 0.25) is 11.8 Å². The Labute approximate surface area is 151 Å². The number of halogens is 1. The number of piperidine rings is 1. The molecule has 1 aliphatic rings. The molecule has 2 amide bonds. The van der Waals surface area contributed by atoms with Crippen LogP contribution in [0, 0.1) is 11.7 Å². The van der Waals surface area contributed by atoms with Crippen molar-refractivity contribution in [1.29, 1.82) is 0 Å². The highest BCUT2D eigenvalue weighted by Gasteiger charge is 2.29. The summed E-state index contributed by atoms with van der Waals surface area (Å²) in [4.78, 5) is 38.5. The van der Waals surface area contributed by atoms with Crippen LogP contribution in [0.4, 0.5) is 4.39 Å². The van der Waals surface area contributed by atoms with Crippen molar-refractivity contribution in [3.63, 3.8) is 0 Å². The lowest BCUT2D eigenvalue weighted by Gasteiger charge is -2.32. The van der Waals surface area contributed by atoms with Gasteiger partial charge in [0.05, 0.1) is 26.0 Å². The van der Waals surface area contributed by atoms with Gasteiger partial charge in [-0.25, -0.2) is 4.39 Å². The van der Waals surface area contributed by atoms with Gasteiger partial charge in [-0.3, -0.25) is 14.4 Å². The van der Waals surface area contributed by atoms with Gasteiger partial charge in [-0.15, -0.1) is 0 Å². The van der Waals surface area contributed by atoms with Crippen molar-refractivity contribution in [3.8, 4) is 5.75 Å². The largest absolute Gasteiger partial charge is 0.494 e. The predicted molar refractivity (Wildman–Crippen MR) is 91.2 cm³/mol. The highest BCUT2D eigenvalue weighted by molar-refractivity contribution is 5.86. The van der Waals surface area contributed by atoms with Gasteiger partial charge < -0.3 is 19.6 Å². The van der Waals surface area contributed by atoms with Crippen LogP contribution in [0.1, 0.15) is 18.4 Å². The molecule has 1 fully saturated rings. The van der Waals surface area contributed by atoms with E-state index in [0.717, 1.165) is 0 Å². The Morgan fingerprint density at radius 3 is 2.73 bits per heavy atom. The third-order valence-electron chi connectivity index (χ3n) is 4.49. The second-order valence-electron chi connectivity index (χ2n) is 6.41. The van der Waals surface area contributed by atoms with Crippen LogP contribution in [0.2, 0.25) is 0 Å². The van der Waals surface area contributed by atoms with Crippen molar-refractivity contribution in [3.05, 3.63) is 29.6 Å². The van der Waals surface area contributed by atoms with Crippen LogP contribution in [0.5, 0.6) is 5.75 Å². The lowest BCUT2D eigenvalue weighted by atomic mass is 9.98. The number of aliphatic carboxylic acids is 1. The number of amides is 2. The third kappa shape index (κ3) is 4.93. The van der Waals surface area contributed by atoms with E-state index in [1.54, 1.807) is 6.07 Å². The molecule has 1 unspecified atom stereocenters. The van der Waals surface area contributed by atoms with Crippen molar-refractivity contribution in [2.75, 3.05) is 33.8 Å². The Morgan fingerprint density at radius 1 is 1.38 bits per heavy atom. The molecule has 1 N–H and O–H groups in total. The summed E-state index contributed by atoms with van der Waals surface area (Å²) in [6.45, 7) is 0.526. The Hall–Kier alpha value is -2.64. The molecular weight excluding hydrogens is 343 g/mol. The van der Waals surface area contributed by atoms with Gasteiger partial charge in [-0.1, -0.05) is 6.07 Å². The van der Waals surface area contributed by atoms with Crippen LogP contribution < -0.4 is 4.74 Å². The van der Waals surface area contributed by atoms with Crippen molar-refractivity contribution in [1.82, 2.24) is 9.80 Å². The topological polar surface area (TPSA) is 87.2 Å². The molecule has 0 bridgehead atoms. The molecule has 1 heterocycles. The fourth-order valence-corrected chi connectivity index (χ4v) is 2.93. The second kappa shape index (κ2) is 8.64. The normalized spacial score (nSPS) is 16.9. The van der Waals surface area contributed by atoms with E-state index in [1.165, 1.54) is 36.1 Å². The van der Waals surface area contributed by atoms with Crippen LogP contribution in [0.3, 0.4) is 0 Å². The van der Waals surface area contributed by atoms with Crippen LogP contribution in [0.15, 0.2) is 18.2 Å². The Kier molecular flexibility index (Phi) is 6.54. The number of likely N-dealkylation sites (N-methyl/N-ethyl adjacent to an activating group) is 1. The summed E-state index contributed by atoms with van der Waals surface area (Å²) in [5.41, 5.74) is 0.483. The molecule has 26 heavy (non-hydrogen) atoms. The first-order chi connectivity index (χ1) is 12.3. The SMILES string of the molecule is COc1ccc(CC(=O)N(C)CC(=O)N2CCCC(C(=O)O)C2)cc1F. The molecule has 1 aromatic rings. The van der Waals surface area contributed by atoms with Gasteiger partial charge in [0.15, 0.2) is 11.6 Å². The number of ether oxygens (including phenoxy) is 1. The monoisotopic (exact) mass is 366 g/mol. The standard InChI is InChI=1S/C18H23FN2O5/c1-20(11-17(23)21-7-3-4-13(10-21)18(24)25)16(22)9-12-5-6-15(26-2)14(19)8-12/h5-6,8,13H,3-4,7,9-11H2,1-2H3,(H,24,25). The zero-order chi connectivity index (χ0) is 19.3. The van der Waals surface area contributed by atoms with Gasteiger partial charge in [-0.05, 0) is 30.5 Å². The van der Waals surface area contributed by atoms with E-state index in [1.807, 2.05) is 0 Å². The molecule has 7 nitrogen and oxygen atoms in total. The van der Waals surface area contributed by atoms with Crippen molar-refractivity contribution < 1.29 is 28.6 Å².